The fourth-order valence-corrected chi connectivity index (χ4v) is 8.17. The molecule has 0 spiro atoms. The number of pyridine rings is 2. The van der Waals surface area contributed by atoms with E-state index in [0.717, 1.165) is 68.4 Å². The zero-order valence-electron chi connectivity index (χ0n) is 29.1. The molecular formula is C44H41N5. The van der Waals surface area contributed by atoms with E-state index >= 15 is 0 Å². The average molecular weight is 640 g/mol. The predicted octanol–water partition coefficient (Wildman–Crippen LogP) is 10.7. The van der Waals surface area contributed by atoms with Gasteiger partial charge in [0.1, 0.15) is 11.5 Å². The molecule has 0 amide bonds. The van der Waals surface area contributed by atoms with Gasteiger partial charge in [0.15, 0.2) is 0 Å². The third-order valence-electron chi connectivity index (χ3n) is 11.2. The zero-order chi connectivity index (χ0) is 33.7. The molecule has 9 rings (SSSR count). The lowest BCUT2D eigenvalue weighted by molar-refractivity contribution is 0.317. The monoisotopic (exact) mass is 639 g/mol. The van der Waals surface area contributed by atoms with Crippen LogP contribution in [-0.4, -0.2) is 23.9 Å². The summed E-state index contributed by atoms with van der Waals surface area (Å²) in [5.41, 5.74) is 12.2. The maximum atomic E-state index is 5.51. The fraction of sp³-hybridized carbons (Fsp3) is 0.250. The molecule has 0 saturated carbocycles. The Morgan fingerprint density at radius 2 is 1.41 bits per heavy atom. The Hall–Kier alpha value is -5.29. The number of aromatic nitrogens is 5. The summed E-state index contributed by atoms with van der Waals surface area (Å²) in [6, 6.07) is 39.2. The number of hydrogen-bond donors (Lipinski definition) is 0. The highest BCUT2D eigenvalue weighted by Gasteiger charge is 2.43. The number of nitrogens with zero attached hydrogens (tertiary/aromatic N) is 5. The predicted molar refractivity (Wildman–Crippen MR) is 202 cm³/mol. The molecule has 4 aromatic heterocycles. The highest BCUT2D eigenvalue weighted by atomic mass is 15.1. The van der Waals surface area contributed by atoms with Crippen molar-refractivity contribution >= 4 is 38.5 Å². The van der Waals surface area contributed by atoms with Crippen molar-refractivity contribution < 1.29 is 0 Å². The first-order valence-corrected chi connectivity index (χ1v) is 17.4. The normalized spacial score (nSPS) is 15.7. The van der Waals surface area contributed by atoms with Crippen LogP contribution in [0.15, 0.2) is 115 Å². The Labute approximate surface area is 287 Å². The van der Waals surface area contributed by atoms with E-state index in [1.807, 2.05) is 12.3 Å². The molecule has 0 saturated heterocycles. The molecule has 0 fully saturated rings. The summed E-state index contributed by atoms with van der Waals surface area (Å²) in [5.74, 6) is 1.01. The minimum absolute atomic E-state index is 0.00437. The van der Waals surface area contributed by atoms with Gasteiger partial charge in [-0.1, -0.05) is 96.1 Å². The van der Waals surface area contributed by atoms with Gasteiger partial charge in [-0.2, -0.15) is 0 Å². The summed E-state index contributed by atoms with van der Waals surface area (Å²) in [6.45, 7) is 14.1. The van der Waals surface area contributed by atoms with Gasteiger partial charge in [-0.15, -0.1) is 0 Å². The van der Waals surface area contributed by atoms with Gasteiger partial charge >= 0.3 is 0 Å². The van der Waals surface area contributed by atoms with Crippen LogP contribution in [0.25, 0.3) is 55.6 Å². The SMILES string of the molecule is CC1(C)CCC(C)(C)c2c1nc(-c1cccc(C(C)(C)c3ccc4c(c3)c3ncccc3c3nc5ccccc5n43)c1)n2-c1ccccc1. The van der Waals surface area contributed by atoms with E-state index in [1.54, 1.807) is 0 Å². The van der Waals surface area contributed by atoms with Gasteiger partial charge in [0, 0.05) is 44.5 Å². The minimum Gasteiger partial charge on any atom is -0.296 e. The molecule has 0 unspecified atom stereocenters. The van der Waals surface area contributed by atoms with E-state index < -0.39 is 0 Å². The largest absolute Gasteiger partial charge is 0.296 e. The quantitative estimate of drug-likeness (QED) is 0.180. The standard InChI is InChI=1S/C44H41N5/c1-42(2)23-24-43(3,4)39-38(42)47-40(48(39)31-16-8-7-9-17-31)28-14-12-15-29(26-28)44(5,6)30-21-22-35-33(27-30)37-32(18-13-25-45-37)41-46-34-19-10-11-20-36(34)49(35)41/h7-22,25-27H,23-24H2,1-6H3. The van der Waals surface area contributed by atoms with Crippen molar-refractivity contribution in [2.24, 2.45) is 0 Å². The fourth-order valence-electron chi connectivity index (χ4n) is 8.17. The van der Waals surface area contributed by atoms with Crippen LogP contribution < -0.4 is 0 Å². The van der Waals surface area contributed by atoms with Gasteiger partial charge in [0.25, 0.3) is 0 Å². The van der Waals surface area contributed by atoms with Gasteiger partial charge in [-0.3, -0.25) is 14.0 Å². The van der Waals surface area contributed by atoms with E-state index in [2.05, 4.69) is 154 Å². The molecule has 1 aliphatic carbocycles. The topological polar surface area (TPSA) is 48.0 Å². The lowest BCUT2D eigenvalue weighted by Gasteiger charge is -2.39. The second-order valence-electron chi connectivity index (χ2n) is 15.7. The van der Waals surface area contributed by atoms with Crippen LogP contribution in [0.3, 0.4) is 0 Å². The Bertz CT molecular complexity index is 2580. The van der Waals surface area contributed by atoms with Crippen LogP contribution >= 0.6 is 0 Å². The van der Waals surface area contributed by atoms with Crippen LogP contribution in [-0.2, 0) is 16.2 Å². The summed E-state index contributed by atoms with van der Waals surface area (Å²) in [5, 5.41) is 2.19. The molecular weight excluding hydrogens is 599 g/mol. The van der Waals surface area contributed by atoms with Crippen LogP contribution in [0.1, 0.15) is 76.9 Å². The van der Waals surface area contributed by atoms with E-state index in [1.165, 1.54) is 22.5 Å². The molecule has 0 radical (unpaired) electrons. The van der Waals surface area contributed by atoms with Crippen LogP contribution in [0, 0.1) is 0 Å². The van der Waals surface area contributed by atoms with Crippen LogP contribution in [0.2, 0.25) is 0 Å². The van der Waals surface area contributed by atoms with Crippen LogP contribution in [0.5, 0.6) is 0 Å². The van der Waals surface area contributed by atoms with Crippen molar-refractivity contribution in [1.82, 2.24) is 23.9 Å². The maximum absolute atomic E-state index is 5.51. The molecule has 5 heteroatoms. The van der Waals surface area contributed by atoms with Crippen molar-refractivity contribution in [1.29, 1.82) is 0 Å². The van der Waals surface area contributed by atoms with Crippen molar-refractivity contribution in [2.45, 2.75) is 70.6 Å². The molecule has 1 aliphatic rings. The lowest BCUT2D eigenvalue weighted by Crippen LogP contribution is -2.35. The number of benzene rings is 4. The van der Waals surface area contributed by atoms with Crippen molar-refractivity contribution in [3.8, 4) is 17.1 Å². The van der Waals surface area contributed by atoms with E-state index in [-0.39, 0.29) is 16.2 Å². The van der Waals surface area contributed by atoms with Crippen LogP contribution in [0.4, 0.5) is 0 Å². The molecule has 0 aliphatic heterocycles. The Kier molecular flexibility index (Phi) is 6.30. The van der Waals surface area contributed by atoms with E-state index in [0.29, 0.717) is 0 Å². The lowest BCUT2D eigenvalue weighted by atomic mass is 9.67. The summed E-state index contributed by atoms with van der Waals surface area (Å²) in [7, 11) is 0. The molecule has 49 heavy (non-hydrogen) atoms. The molecule has 5 nitrogen and oxygen atoms in total. The second-order valence-corrected chi connectivity index (χ2v) is 15.7. The summed E-state index contributed by atoms with van der Waals surface area (Å²) in [6.07, 6.45) is 4.14. The third kappa shape index (κ3) is 4.41. The minimum atomic E-state index is -0.292. The molecule has 4 aromatic carbocycles. The van der Waals surface area contributed by atoms with E-state index in [4.69, 9.17) is 15.0 Å². The Morgan fingerprint density at radius 1 is 0.653 bits per heavy atom. The molecule has 8 aromatic rings. The number of imidazole rings is 2. The first kappa shape index (κ1) is 29.8. The van der Waals surface area contributed by atoms with Gasteiger partial charge in [0.2, 0.25) is 0 Å². The second kappa shape index (κ2) is 10.4. The Morgan fingerprint density at radius 3 is 2.24 bits per heavy atom. The molecule has 0 N–H and O–H groups in total. The number of fused-ring (bicyclic) bond motifs is 9. The van der Waals surface area contributed by atoms with Crippen molar-refractivity contribution in [2.75, 3.05) is 0 Å². The van der Waals surface area contributed by atoms with Crippen molar-refractivity contribution in [3.05, 3.63) is 138 Å². The third-order valence-corrected chi connectivity index (χ3v) is 11.2. The average Bonchev–Trinajstić information content (AvgIpc) is 3.73. The Balaban J connectivity index is 1.23. The molecule has 242 valence electrons. The van der Waals surface area contributed by atoms with Gasteiger partial charge < -0.3 is 0 Å². The highest BCUT2D eigenvalue weighted by molar-refractivity contribution is 6.12. The highest BCUT2D eigenvalue weighted by Crippen LogP contribution is 2.48. The zero-order valence-corrected chi connectivity index (χ0v) is 29.1. The summed E-state index contributed by atoms with van der Waals surface area (Å²) in [4.78, 5) is 15.5. The number of para-hydroxylation sites is 3. The molecule has 0 bridgehead atoms. The maximum Gasteiger partial charge on any atom is 0.147 e. The summed E-state index contributed by atoms with van der Waals surface area (Å²) < 4.78 is 4.73. The number of rotatable bonds is 4. The first-order chi connectivity index (χ1) is 23.5. The summed E-state index contributed by atoms with van der Waals surface area (Å²) >= 11 is 0. The number of hydrogen-bond acceptors (Lipinski definition) is 3. The van der Waals surface area contributed by atoms with Gasteiger partial charge in [0.05, 0.1) is 33.5 Å². The first-order valence-electron chi connectivity index (χ1n) is 17.4. The van der Waals surface area contributed by atoms with E-state index in [9.17, 15) is 0 Å². The van der Waals surface area contributed by atoms with Crippen molar-refractivity contribution in [3.63, 3.8) is 0 Å². The van der Waals surface area contributed by atoms with Gasteiger partial charge in [-0.05, 0) is 78.6 Å². The smallest absolute Gasteiger partial charge is 0.147 e. The molecule has 4 heterocycles. The van der Waals surface area contributed by atoms with Gasteiger partial charge in [-0.25, -0.2) is 9.97 Å². The molecule has 0 atom stereocenters.